The van der Waals surface area contributed by atoms with Crippen molar-refractivity contribution in [3.63, 3.8) is 0 Å². The third-order valence-corrected chi connectivity index (χ3v) is 8.55. The molecule has 0 bridgehead atoms. The van der Waals surface area contributed by atoms with Crippen LogP contribution in [0.4, 0.5) is 5.69 Å². The van der Waals surface area contributed by atoms with E-state index in [0.29, 0.717) is 11.3 Å². The van der Waals surface area contributed by atoms with Crippen LogP contribution in [0.3, 0.4) is 0 Å². The maximum absolute atomic E-state index is 14.5. The molecular weight excluding hydrogens is 574 g/mol. The smallest absolute Gasteiger partial charge is 0.345 e. The fraction of sp³-hybridized carbons (Fsp3) is 0.175. The highest BCUT2D eigenvalue weighted by molar-refractivity contribution is 6.02. The number of anilines is 1. The zero-order chi connectivity index (χ0) is 32.1. The summed E-state index contributed by atoms with van der Waals surface area (Å²) in [6.45, 7) is 2.17. The summed E-state index contributed by atoms with van der Waals surface area (Å²) in [5, 5.41) is 7.96. The molecule has 0 saturated heterocycles. The van der Waals surface area contributed by atoms with Crippen LogP contribution in [0.2, 0.25) is 0 Å². The Morgan fingerprint density at radius 1 is 0.696 bits per heavy atom. The number of methoxy groups -OCH3 is 3. The third-order valence-electron chi connectivity index (χ3n) is 8.55. The lowest BCUT2D eigenvalue weighted by Gasteiger charge is -2.40. The minimum Gasteiger partial charge on any atom is -0.497 e. The number of ether oxygens (including phenoxy) is 4. The van der Waals surface area contributed by atoms with Crippen molar-refractivity contribution in [1.29, 1.82) is 0 Å². The SMILES string of the molecule is COC(=O)[C@](OCc1c2ccccc2cc2ccccc12)(c1ccc(OC)cc1)[C@@H](Nc1ccc(OC)cc1)c1ccc(C)cc1. The van der Waals surface area contributed by atoms with Gasteiger partial charge in [0.1, 0.15) is 11.5 Å². The van der Waals surface area contributed by atoms with E-state index in [1.807, 2.05) is 104 Å². The number of hydrogen-bond acceptors (Lipinski definition) is 6. The van der Waals surface area contributed by atoms with E-state index < -0.39 is 17.6 Å². The Labute approximate surface area is 269 Å². The summed E-state index contributed by atoms with van der Waals surface area (Å²) in [7, 11) is 4.65. The summed E-state index contributed by atoms with van der Waals surface area (Å²) in [5.41, 5.74) is 2.72. The normalized spacial score (nSPS) is 13.1. The Bertz CT molecular complexity index is 1900. The van der Waals surface area contributed by atoms with Gasteiger partial charge in [-0.3, -0.25) is 0 Å². The number of benzene rings is 6. The highest BCUT2D eigenvalue weighted by Crippen LogP contribution is 2.44. The topological polar surface area (TPSA) is 66.0 Å². The second-order valence-electron chi connectivity index (χ2n) is 11.3. The molecule has 2 atom stereocenters. The van der Waals surface area contributed by atoms with Gasteiger partial charge in [0.25, 0.3) is 0 Å². The number of carbonyl (C=O) groups excluding carboxylic acids is 1. The monoisotopic (exact) mass is 611 g/mol. The lowest BCUT2D eigenvalue weighted by molar-refractivity contribution is -0.177. The van der Waals surface area contributed by atoms with E-state index in [0.717, 1.165) is 49.7 Å². The van der Waals surface area contributed by atoms with Crippen molar-refractivity contribution in [3.05, 3.63) is 150 Å². The highest BCUT2D eigenvalue weighted by Gasteiger charge is 2.51. The van der Waals surface area contributed by atoms with E-state index >= 15 is 0 Å². The van der Waals surface area contributed by atoms with Crippen LogP contribution in [0, 0.1) is 6.92 Å². The summed E-state index contributed by atoms with van der Waals surface area (Å²) in [6.07, 6.45) is 0. The van der Waals surface area contributed by atoms with Gasteiger partial charge < -0.3 is 24.3 Å². The van der Waals surface area contributed by atoms with Crippen LogP contribution in [-0.4, -0.2) is 27.3 Å². The van der Waals surface area contributed by atoms with Crippen LogP contribution in [0.1, 0.15) is 28.3 Å². The first kappa shape index (κ1) is 30.7. The Morgan fingerprint density at radius 3 is 1.78 bits per heavy atom. The standard InChI is InChI=1S/C40H37NO5/c1-27-13-15-28(16-14-27)38(41-32-19-23-34(44-3)24-20-32)40(39(42)45-4,31-17-21-33(43-2)22-18-31)46-26-37-35-11-7-5-9-29(35)25-30-10-6-8-12-36(30)37/h5-25,38,41H,26H2,1-4H3/t38-,40-/m0/s1. The van der Waals surface area contributed by atoms with Crippen molar-refractivity contribution in [1.82, 2.24) is 0 Å². The van der Waals surface area contributed by atoms with Crippen LogP contribution in [0.15, 0.2) is 127 Å². The summed E-state index contributed by atoms with van der Waals surface area (Å²) in [5.74, 6) is 0.859. The van der Waals surface area contributed by atoms with Gasteiger partial charge in [-0.1, -0.05) is 90.5 Å². The van der Waals surface area contributed by atoms with Gasteiger partial charge in [-0.2, -0.15) is 0 Å². The molecular formula is C40H37NO5. The second kappa shape index (κ2) is 13.3. The highest BCUT2D eigenvalue weighted by atomic mass is 16.6. The first-order valence-electron chi connectivity index (χ1n) is 15.2. The summed E-state index contributed by atoms with van der Waals surface area (Å²) in [4.78, 5) is 14.5. The van der Waals surface area contributed by atoms with Gasteiger partial charge in [0, 0.05) is 5.69 Å². The van der Waals surface area contributed by atoms with Crippen molar-refractivity contribution in [2.75, 3.05) is 26.6 Å². The molecule has 0 amide bonds. The predicted molar refractivity (Wildman–Crippen MR) is 183 cm³/mol. The average molecular weight is 612 g/mol. The molecule has 6 nitrogen and oxygen atoms in total. The summed E-state index contributed by atoms with van der Waals surface area (Å²) < 4.78 is 23.6. The molecule has 6 aromatic carbocycles. The fourth-order valence-corrected chi connectivity index (χ4v) is 6.10. The molecule has 6 aromatic rings. The molecule has 0 saturated carbocycles. The molecule has 232 valence electrons. The van der Waals surface area contributed by atoms with Crippen molar-refractivity contribution in [2.24, 2.45) is 0 Å². The number of nitrogens with one attached hydrogen (secondary N) is 1. The van der Waals surface area contributed by atoms with Gasteiger partial charge in [-0.15, -0.1) is 0 Å². The lowest BCUT2D eigenvalue weighted by Crippen LogP contribution is -2.48. The number of rotatable bonds is 11. The Balaban J connectivity index is 1.58. The van der Waals surface area contributed by atoms with E-state index in [1.165, 1.54) is 7.11 Å². The molecule has 1 N–H and O–H groups in total. The van der Waals surface area contributed by atoms with Crippen LogP contribution in [0.25, 0.3) is 21.5 Å². The molecule has 0 aliphatic heterocycles. The summed E-state index contributed by atoms with van der Waals surface area (Å²) >= 11 is 0. The number of carbonyl (C=O) groups is 1. The Hall–Kier alpha value is -5.33. The predicted octanol–water partition coefficient (Wildman–Crippen LogP) is 8.76. The number of hydrogen-bond donors (Lipinski definition) is 1. The zero-order valence-electron chi connectivity index (χ0n) is 26.5. The minimum absolute atomic E-state index is 0.135. The largest absolute Gasteiger partial charge is 0.497 e. The molecule has 6 rings (SSSR count). The van der Waals surface area contributed by atoms with Crippen LogP contribution in [0.5, 0.6) is 11.5 Å². The van der Waals surface area contributed by atoms with Crippen molar-refractivity contribution >= 4 is 33.2 Å². The van der Waals surface area contributed by atoms with E-state index in [4.69, 9.17) is 18.9 Å². The first-order chi connectivity index (χ1) is 22.5. The fourth-order valence-electron chi connectivity index (χ4n) is 6.10. The molecule has 0 unspecified atom stereocenters. The molecule has 0 aliphatic rings. The van der Waals surface area contributed by atoms with E-state index in [9.17, 15) is 4.79 Å². The first-order valence-corrected chi connectivity index (χ1v) is 15.2. The van der Waals surface area contributed by atoms with Crippen molar-refractivity contribution in [3.8, 4) is 11.5 Å². The van der Waals surface area contributed by atoms with Gasteiger partial charge in [0.15, 0.2) is 0 Å². The molecule has 0 aromatic heterocycles. The number of fused-ring (bicyclic) bond motifs is 2. The molecule has 0 aliphatic carbocycles. The molecule has 0 fully saturated rings. The van der Waals surface area contributed by atoms with Gasteiger partial charge in [-0.05, 0) is 87.6 Å². The Morgan fingerprint density at radius 2 is 1.24 bits per heavy atom. The van der Waals surface area contributed by atoms with E-state index in [-0.39, 0.29) is 6.61 Å². The van der Waals surface area contributed by atoms with E-state index in [2.05, 4.69) is 35.6 Å². The summed E-state index contributed by atoms with van der Waals surface area (Å²) in [6, 6.07) is 41.1. The van der Waals surface area contributed by atoms with Crippen molar-refractivity contribution < 1.29 is 23.7 Å². The number of aryl methyl sites for hydroxylation is 1. The molecule has 46 heavy (non-hydrogen) atoms. The van der Waals surface area contributed by atoms with Gasteiger partial charge in [0.05, 0.1) is 34.0 Å². The maximum atomic E-state index is 14.5. The van der Waals surface area contributed by atoms with Crippen LogP contribution >= 0.6 is 0 Å². The van der Waals surface area contributed by atoms with E-state index in [1.54, 1.807) is 14.2 Å². The third kappa shape index (κ3) is 5.87. The lowest BCUT2D eigenvalue weighted by atomic mass is 9.81. The van der Waals surface area contributed by atoms with Gasteiger partial charge in [0.2, 0.25) is 5.60 Å². The minimum atomic E-state index is -1.63. The van der Waals surface area contributed by atoms with Gasteiger partial charge in [-0.25, -0.2) is 4.79 Å². The van der Waals surface area contributed by atoms with Crippen LogP contribution < -0.4 is 14.8 Å². The molecule has 0 spiro atoms. The Kier molecular flexibility index (Phi) is 8.90. The quantitative estimate of drug-likeness (QED) is 0.117. The molecule has 0 radical (unpaired) electrons. The molecule has 6 heteroatoms. The van der Waals surface area contributed by atoms with Crippen molar-refractivity contribution in [2.45, 2.75) is 25.2 Å². The number of esters is 1. The average Bonchev–Trinajstić information content (AvgIpc) is 3.11. The maximum Gasteiger partial charge on any atom is 0.345 e. The van der Waals surface area contributed by atoms with Gasteiger partial charge >= 0.3 is 5.97 Å². The second-order valence-corrected chi connectivity index (χ2v) is 11.3. The van der Waals surface area contributed by atoms with Crippen LogP contribution in [-0.2, 0) is 26.5 Å². The molecule has 0 heterocycles. The zero-order valence-corrected chi connectivity index (χ0v) is 26.5.